The molecule has 0 bridgehead atoms. The van der Waals surface area contributed by atoms with Crippen LogP contribution in [-0.2, 0) is 6.54 Å². The maximum atomic E-state index is 5.88. The molecule has 0 aliphatic carbocycles. The molecule has 1 unspecified atom stereocenters. The molecule has 1 aromatic rings. The SMILES string of the molecule is COc1ccccc1CN1CCC(N)C1. The largest absolute Gasteiger partial charge is 0.496 e. The van der Waals surface area contributed by atoms with Gasteiger partial charge in [-0.3, -0.25) is 4.90 Å². The number of benzene rings is 1. The Hall–Kier alpha value is -1.06. The molecule has 1 aromatic carbocycles. The van der Waals surface area contributed by atoms with Gasteiger partial charge in [0.15, 0.2) is 0 Å². The molecule has 0 radical (unpaired) electrons. The summed E-state index contributed by atoms with van der Waals surface area (Å²) in [6.45, 7) is 3.04. The summed E-state index contributed by atoms with van der Waals surface area (Å²) in [5.41, 5.74) is 7.12. The second kappa shape index (κ2) is 4.64. The van der Waals surface area contributed by atoms with E-state index >= 15 is 0 Å². The van der Waals surface area contributed by atoms with Crippen LogP contribution in [0.15, 0.2) is 24.3 Å². The second-order valence-corrected chi connectivity index (χ2v) is 4.10. The van der Waals surface area contributed by atoms with Crippen molar-refractivity contribution in [1.29, 1.82) is 0 Å². The van der Waals surface area contributed by atoms with Crippen LogP contribution in [0.5, 0.6) is 5.75 Å². The lowest BCUT2D eigenvalue weighted by molar-refractivity contribution is 0.317. The van der Waals surface area contributed by atoms with Crippen LogP contribution < -0.4 is 10.5 Å². The van der Waals surface area contributed by atoms with Crippen LogP contribution in [0.25, 0.3) is 0 Å². The number of hydrogen-bond acceptors (Lipinski definition) is 3. The first-order valence-corrected chi connectivity index (χ1v) is 5.39. The van der Waals surface area contributed by atoms with Crippen molar-refractivity contribution in [2.75, 3.05) is 20.2 Å². The van der Waals surface area contributed by atoms with Gasteiger partial charge >= 0.3 is 0 Å². The van der Waals surface area contributed by atoms with Gasteiger partial charge in [-0.15, -0.1) is 0 Å². The third kappa shape index (κ3) is 2.49. The minimum absolute atomic E-state index is 0.347. The van der Waals surface area contributed by atoms with Gasteiger partial charge < -0.3 is 10.5 Å². The van der Waals surface area contributed by atoms with Crippen LogP contribution in [0.3, 0.4) is 0 Å². The van der Waals surface area contributed by atoms with E-state index in [0.717, 1.165) is 31.8 Å². The molecule has 1 atom stereocenters. The Bertz CT molecular complexity index is 327. The van der Waals surface area contributed by atoms with Gasteiger partial charge in [0, 0.05) is 31.2 Å². The molecule has 2 N–H and O–H groups in total. The number of likely N-dealkylation sites (tertiary alicyclic amines) is 1. The van der Waals surface area contributed by atoms with E-state index in [9.17, 15) is 0 Å². The topological polar surface area (TPSA) is 38.5 Å². The van der Waals surface area contributed by atoms with Crippen molar-refractivity contribution >= 4 is 0 Å². The predicted molar refractivity (Wildman–Crippen MR) is 60.9 cm³/mol. The summed E-state index contributed by atoms with van der Waals surface area (Å²) in [6, 6.07) is 8.51. The lowest BCUT2D eigenvalue weighted by Gasteiger charge is -2.16. The minimum Gasteiger partial charge on any atom is -0.496 e. The van der Waals surface area contributed by atoms with Crippen molar-refractivity contribution in [2.24, 2.45) is 5.73 Å². The fourth-order valence-electron chi connectivity index (χ4n) is 2.08. The monoisotopic (exact) mass is 206 g/mol. The zero-order valence-corrected chi connectivity index (χ0v) is 9.15. The Morgan fingerprint density at radius 3 is 2.93 bits per heavy atom. The highest BCUT2D eigenvalue weighted by molar-refractivity contribution is 5.33. The van der Waals surface area contributed by atoms with Gasteiger partial charge in [0.05, 0.1) is 7.11 Å². The van der Waals surface area contributed by atoms with E-state index in [1.807, 2.05) is 18.2 Å². The molecule has 3 nitrogen and oxygen atoms in total. The summed E-state index contributed by atoms with van der Waals surface area (Å²) in [7, 11) is 1.72. The van der Waals surface area contributed by atoms with E-state index in [4.69, 9.17) is 10.5 Å². The Kier molecular flexibility index (Phi) is 3.23. The van der Waals surface area contributed by atoms with Crippen molar-refractivity contribution in [3.05, 3.63) is 29.8 Å². The molecule has 1 saturated heterocycles. The zero-order chi connectivity index (χ0) is 10.7. The van der Waals surface area contributed by atoms with Crippen LogP contribution in [-0.4, -0.2) is 31.1 Å². The maximum Gasteiger partial charge on any atom is 0.123 e. The van der Waals surface area contributed by atoms with E-state index in [2.05, 4.69) is 11.0 Å². The second-order valence-electron chi connectivity index (χ2n) is 4.10. The normalized spacial score (nSPS) is 21.9. The molecule has 0 spiro atoms. The van der Waals surface area contributed by atoms with Crippen molar-refractivity contribution in [1.82, 2.24) is 4.90 Å². The molecule has 1 aliphatic rings. The zero-order valence-electron chi connectivity index (χ0n) is 9.15. The highest BCUT2D eigenvalue weighted by Crippen LogP contribution is 2.20. The standard InChI is InChI=1S/C12H18N2O/c1-15-12-5-3-2-4-10(12)8-14-7-6-11(13)9-14/h2-5,11H,6-9,13H2,1H3. The molecule has 3 heteroatoms. The van der Waals surface area contributed by atoms with Crippen molar-refractivity contribution in [2.45, 2.75) is 19.0 Å². The molecule has 0 saturated carbocycles. The molecule has 0 amide bonds. The number of nitrogens with two attached hydrogens (primary N) is 1. The quantitative estimate of drug-likeness (QED) is 0.808. The highest BCUT2D eigenvalue weighted by atomic mass is 16.5. The van der Waals surface area contributed by atoms with E-state index in [0.29, 0.717) is 6.04 Å². The first-order valence-electron chi connectivity index (χ1n) is 5.39. The minimum atomic E-state index is 0.347. The number of methoxy groups -OCH3 is 1. The van der Waals surface area contributed by atoms with Crippen LogP contribution in [0.2, 0.25) is 0 Å². The Morgan fingerprint density at radius 2 is 2.27 bits per heavy atom. The first-order chi connectivity index (χ1) is 7.29. The van der Waals surface area contributed by atoms with Gasteiger partial charge in [0.1, 0.15) is 5.75 Å². The first kappa shape index (κ1) is 10.5. The van der Waals surface area contributed by atoms with Crippen molar-refractivity contribution < 1.29 is 4.74 Å². The van der Waals surface area contributed by atoms with Crippen LogP contribution in [0, 0.1) is 0 Å². The molecule has 1 aliphatic heterocycles. The van der Waals surface area contributed by atoms with Crippen LogP contribution >= 0.6 is 0 Å². The van der Waals surface area contributed by atoms with E-state index in [1.54, 1.807) is 7.11 Å². The third-order valence-corrected chi connectivity index (χ3v) is 2.90. The van der Waals surface area contributed by atoms with Gasteiger partial charge in [0.2, 0.25) is 0 Å². The van der Waals surface area contributed by atoms with Crippen LogP contribution in [0.4, 0.5) is 0 Å². The van der Waals surface area contributed by atoms with Gasteiger partial charge in [-0.1, -0.05) is 18.2 Å². The summed E-state index contributed by atoms with van der Waals surface area (Å²) in [5, 5.41) is 0. The Balaban J connectivity index is 2.04. The Labute approximate surface area is 90.8 Å². The number of hydrogen-bond donors (Lipinski definition) is 1. The number of para-hydroxylation sites is 1. The van der Waals surface area contributed by atoms with E-state index < -0.39 is 0 Å². The molecule has 1 heterocycles. The summed E-state index contributed by atoms with van der Waals surface area (Å²) in [5.74, 6) is 0.970. The maximum absolute atomic E-state index is 5.88. The van der Waals surface area contributed by atoms with Crippen molar-refractivity contribution in [3.8, 4) is 5.75 Å². The molecule has 2 rings (SSSR count). The van der Waals surface area contributed by atoms with Gasteiger partial charge in [-0.05, 0) is 12.5 Å². The smallest absolute Gasteiger partial charge is 0.123 e. The third-order valence-electron chi connectivity index (χ3n) is 2.90. The fourth-order valence-corrected chi connectivity index (χ4v) is 2.08. The van der Waals surface area contributed by atoms with Gasteiger partial charge in [-0.2, -0.15) is 0 Å². The fraction of sp³-hybridized carbons (Fsp3) is 0.500. The number of rotatable bonds is 3. The lowest BCUT2D eigenvalue weighted by atomic mass is 10.2. The molecular weight excluding hydrogens is 188 g/mol. The molecule has 15 heavy (non-hydrogen) atoms. The van der Waals surface area contributed by atoms with Gasteiger partial charge in [0.25, 0.3) is 0 Å². The molecular formula is C12H18N2O. The van der Waals surface area contributed by atoms with Crippen LogP contribution in [0.1, 0.15) is 12.0 Å². The van der Waals surface area contributed by atoms with Gasteiger partial charge in [-0.25, -0.2) is 0 Å². The molecule has 1 fully saturated rings. The molecule has 82 valence electrons. The summed E-state index contributed by atoms with van der Waals surface area (Å²) in [6.07, 6.45) is 1.11. The Morgan fingerprint density at radius 1 is 1.47 bits per heavy atom. The number of ether oxygens (including phenoxy) is 1. The van der Waals surface area contributed by atoms with E-state index in [1.165, 1.54) is 5.56 Å². The predicted octanol–water partition coefficient (Wildman–Crippen LogP) is 1.23. The highest BCUT2D eigenvalue weighted by Gasteiger charge is 2.19. The summed E-state index contributed by atoms with van der Waals surface area (Å²) < 4.78 is 5.32. The molecule has 0 aromatic heterocycles. The number of nitrogens with zero attached hydrogens (tertiary/aromatic N) is 1. The summed E-state index contributed by atoms with van der Waals surface area (Å²) in [4.78, 5) is 2.38. The average molecular weight is 206 g/mol. The van der Waals surface area contributed by atoms with E-state index in [-0.39, 0.29) is 0 Å². The summed E-state index contributed by atoms with van der Waals surface area (Å²) >= 11 is 0. The lowest BCUT2D eigenvalue weighted by Crippen LogP contribution is -2.26. The van der Waals surface area contributed by atoms with Crippen molar-refractivity contribution in [3.63, 3.8) is 0 Å². The average Bonchev–Trinajstić information content (AvgIpc) is 2.65.